The van der Waals surface area contributed by atoms with Gasteiger partial charge < -0.3 is 19.8 Å². The maximum Gasteiger partial charge on any atom is 0.337 e. The molecule has 1 aromatic heterocycles. The van der Waals surface area contributed by atoms with E-state index < -0.39 is 5.97 Å². The third-order valence-electron chi connectivity index (χ3n) is 5.80. The number of amides is 2. The zero-order valence-corrected chi connectivity index (χ0v) is 16.3. The van der Waals surface area contributed by atoms with Crippen molar-refractivity contribution < 1.29 is 19.1 Å². The third-order valence-corrected chi connectivity index (χ3v) is 5.80. The maximum atomic E-state index is 13.9. The molecule has 4 rings (SSSR count). The molecule has 0 radical (unpaired) electrons. The van der Waals surface area contributed by atoms with Gasteiger partial charge in [0.25, 0.3) is 0 Å². The van der Waals surface area contributed by atoms with Crippen molar-refractivity contribution in [2.24, 2.45) is 11.8 Å². The molecule has 2 saturated heterocycles. The van der Waals surface area contributed by atoms with Crippen LogP contribution in [0.2, 0.25) is 0 Å². The Morgan fingerprint density at radius 3 is 2.59 bits per heavy atom. The summed E-state index contributed by atoms with van der Waals surface area (Å²) in [5.74, 6) is -0.238. The smallest absolute Gasteiger partial charge is 0.337 e. The molecule has 1 aromatic carbocycles. The second-order valence-corrected chi connectivity index (χ2v) is 7.87. The van der Waals surface area contributed by atoms with Gasteiger partial charge in [0.15, 0.2) is 0 Å². The number of hydrogen-bond acceptors (Lipinski definition) is 4. The van der Waals surface area contributed by atoms with Gasteiger partial charge in [-0.25, -0.2) is 19.0 Å². The third kappa shape index (κ3) is 3.50. The minimum Gasteiger partial charge on any atom is -0.478 e. The number of nitrogens with zero attached hydrogens (tertiary/aromatic N) is 4. The fourth-order valence-corrected chi connectivity index (χ4v) is 4.50. The SMILES string of the molecule is CN(C)C(=O)N1C[C@H]2CN(c3ccc(C(=O)O)cn3)C[C@H]2[C@@H]1c1cccc(F)c1. The van der Waals surface area contributed by atoms with Crippen LogP contribution < -0.4 is 4.90 Å². The van der Waals surface area contributed by atoms with Gasteiger partial charge in [-0.3, -0.25) is 0 Å². The van der Waals surface area contributed by atoms with Crippen molar-refractivity contribution in [3.05, 3.63) is 59.5 Å². The molecule has 0 bridgehead atoms. The van der Waals surface area contributed by atoms with Crippen LogP contribution in [0.5, 0.6) is 0 Å². The molecule has 0 spiro atoms. The van der Waals surface area contributed by atoms with E-state index in [2.05, 4.69) is 9.88 Å². The molecule has 2 fully saturated rings. The number of likely N-dealkylation sites (tertiary alicyclic amines) is 1. The first kappa shape index (κ1) is 19.2. The number of hydrogen-bond donors (Lipinski definition) is 1. The summed E-state index contributed by atoms with van der Waals surface area (Å²) in [6.07, 6.45) is 1.36. The van der Waals surface area contributed by atoms with Crippen molar-refractivity contribution in [2.45, 2.75) is 6.04 Å². The summed E-state index contributed by atoms with van der Waals surface area (Å²) in [5.41, 5.74) is 0.942. The minimum atomic E-state index is -1.01. The van der Waals surface area contributed by atoms with E-state index in [1.165, 1.54) is 18.3 Å². The van der Waals surface area contributed by atoms with Gasteiger partial charge in [0.2, 0.25) is 0 Å². The molecule has 0 aliphatic carbocycles. The molecular weight excluding hydrogens is 375 g/mol. The Bertz CT molecular complexity index is 934. The van der Waals surface area contributed by atoms with Gasteiger partial charge in [-0.1, -0.05) is 12.1 Å². The highest BCUT2D eigenvalue weighted by atomic mass is 19.1. The highest BCUT2D eigenvalue weighted by Crippen LogP contribution is 2.46. The standard InChI is InChI=1S/C21H23FN4O3/c1-24(2)21(29)26-11-15-10-25(18-7-6-14(9-23-18)20(27)28)12-17(15)19(26)13-4-3-5-16(22)8-13/h3-9,15,17,19H,10-12H2,1-2H3,(H,27,28)/t15-,17-,19+/m1/s1. The van der Waals surface area contributed by atoms with Gasteiger partial charge in [0.05, 0.1) is 11.6 Å². The highest BCUT2D eigenvalue weighted by molar-refractivity contribution is 5.87. The predicted octanol–water partition coefficient (Wildman–Crippen LogP) is 2.71. The van der Waals surface area contributed by atoms with Crippen LogP contribution in [0.1, 0.15) is 22.0 Å². The number of anilines is 1. The average Bonchev–Trinajstić information content (AvgIpc) is 3.25. The number of rotatable bonds is 3. The Labute approximate surface area is 168 Å². The molecule has 152 valence electrons. The molecule has 29 heavy (non-hydrogen) atoms. The average molecular weight is 398 g/mol. The first-order chi connectivity index (χ1) is 13.8. The molecule has 3 heterocycles. The van der Waals surface area contributed by atoms with Crippen LogP contribution >= 0.6 is 0 Å². The summed E-state index contributed by atoms with van der Waals surface area (Å²) in [5, 5.41) is 9.06. The Morgan fingerprint density at radius 1 is 1.17 bits per heavy atom. The number of carboxylic acids is 1. The first-order valence-corrected chi connectivity index (χ1v) is 9.53. The topological polar surface area (TPSA) is 77.0 Å². The quantitative estimate of drug-likeness (QED) is 0.860. The highest BCUT2D eigenvalue weighted by Gasteiger charge is 2.49. The van der Waals surface area contributed by atoms with Crippen molar-refractivity contribution in [1.29, 1.82) is 0 Å². The monoisotopic (exact) mass is 398 g/mol. The number of aromatic nitrogens is 1. The van der Waals surface area contributed by atoms with E-state index in [0.717, 1.165) is 5.56 Å². The molecule has 2 aliphatic rings. The lowest BCUT2D eigenvalue weighted by Crippen LogP contribution is -2.41. The van der Waals surface area contributed by atoms with Crippen molar-refractivity contribution in [1.82, 2.24) is 14.8 Å². The van der Waals surface area contributed by atoms with E-state index in [9.17, 15) is 14.0 Å². The van der Waals surface area contributed by atoms with Crippen molar-refractivity contribution in [2.75, 3.05) is 38.6 Å². The van der Waals surface area contributed by atoms with Crippen molar-refractivity contribution >= 4 is 17.8 Å². The number of pyridine rings is 1. The second-order valence-electron chi connectivity index (χ2n) is 7.87. The van der Waals surface area contributed by atoms with Crippen molar-refractivity contribution in [3.63, 3.8) is 0 Å². The van der Waals surface area contributed by atoms with Gasteiger partial charge in [0.1, 0.15) is 11.6 Å². The summed E-state index contributed by atoms with van der Waals surface area (Å²) < 4.78 is 13.9. The summed E-state index contributed by atoms with van der Waals surface area (Å²) in [4.78, 5) is 33.6. The number of urea groups is 1. The summed E-state index contributed by atoms with van der Waals surface area (Å²) in [7, 11) is 3.44. The van der Waals surface area contributed by atoms with Crippen LogP contribution in [0.25, 0.3) is 0 Å². The maximum absolute atomic E-state index is 13.9. The number of fused-ring (bicyclic) bond motifs is 1. The van der Waals surface area contributed by atoms with Crippen LogP contribution in [0.4, 0.5) is 15.0 Å². The summed E-state index contributed by atoms with van der Waals surface area (Å²) in [6.45, 7) is 1.97. The number of carbonyl (C=O) groups is 2. The van der Waals surface area contributed by atoms with Crippen molar-refractivity contribution in [3.8, 4) is 0 Å². The van der Waals surface area contributed by atoms with Gasteiger partial charge >= 0.3 is 12.0 Å². The van der Waals surface area contributed by atoms with E-state index in [-0.39, 0.29) is 35.3 Å². The van der Waals surface area contributed by atoms with Crippen LogP contribution in [0.3, 0.4) is 0 Å². The van der Waals surface area contributed by atoms with E-state index in [4.69, 9.17) is 5.11 Å². The number of carboxylic acid groups (broad SMARTS) is 1. The molecule has 7 nitrogen and oxygen atoms in total. The predicted molar refractivity (Wildman–Crippen MR) is 105 cm³/mol. The molecule has 0 saturated carbocycles. The fraction of sp³-hybridized carbons (Fsp3) is 0.381. The Hall–Kier alpha value is -3.16. The number of halogens is 1. The first-order valence-electron chi connectivity index (χ1n) is 9.53. The lowest BCUT2D eigenvalue weighted by molar-refractivity contribution is 0.0696. The molecular formula is C21H23FN4O3. The van der Waals surface area contributed by atoms with Crippen LogP contribution in [-0.2, 0) is 0 Å². The second kappa shape index (κ2) is 7.35. The number of carbonyl (C=O) groups excluding carboxylic acids is 1. The molecule has 3 atom stereocenters. The van der Waals surface area contributed by atoms with Crippen LogP contribution in [0.15, 0.2) is 42.6 Å². The van der Waals surface area contributed by atoms with Gasteiger partial charge in [-0.05, 0) is 29.8 Å². The molecule has 2 amide bonds. The normalized spacial score (nSPS) is 23.2. The van der Waals surface area contributed by atoms with Gasteiger partial charge in [-0.15, -0.1) is 0 Å². The Balaban J connectivity index is 1.61. The summed E-state index contributed by atoms with van der Waals surface area (Å²) in [6, 6.07) is 9.42. The molecule has 1 N–H and O–H groups in total. The number of aromatic carboxylic acids is 1. The fourth-order valence-electron chi connectivity index (χ4n) is 4.50. The number of benzene rings is 1. The summed E-state index contributed by atoms with van der Waals surface area (Å²) >= 11 is 0. The Kier molecular flexibility index (Phi) is 4.86. The van der Waals surface area contributed by atoms with Crippen LogP contribution in [0, 0.1) is 17.7 Å². The van der Waals surface area contributed by atoms with E-state index >= 15 is 0 Å². The van der Waals surface area contributed by atoms with E-state index in [0.29, 0.717) is 25.5 Å². The zero-order chi connectivity index (χ0) is 20.7. The molecule has 2 aromatic rings. The largest absolute Gasteiger partial charge is 0.478 e. The van der Waals surface area contributed by atoms with Crippen LogP contribution in [-0.4, -0.2) is 65.6 Å². The zero-order valence-electron chi connectivity index (χ0n) is 16.3. The molecule has 2 aliphatic heterocycles. The van der Waals surface area contributed by atoms with E-state index in [1.807, 2.05) is 11.0 Å². The minimum absolute atomic E-state index is 0.0795. The lowest BCUT2D eigenvalue weighted by atomic mass is 9.89. The lowest BCUT2D eigenvalue weighted by Gasteiger charge is -2.32. The van der Waals surface area contributed by atoms with Gasteiger partial charge in [0, 0.05) is 51.8 Å². The van der Waals surface area contributed by atoms with Gasteiger partial charge in [-0.2, -0.15) is 0 Å². The molecule has 0 unspecified atom stereocenters. The Morgan fingerprint density at radius 2 is 1.97 bits per heavy atom. The molecule has 8 heteroatoms. The van der Waals surface area contributed by atoms with E-state index in [1.54, 1.807) is 37.2 Å².